The van der Waals surface area contributed by atoms with Crippen LogP contribution in [0.4, 0.5) is 0 Å². The molecule has 2 aromatic carbocycles. The van der Waals surface area contributed by atoms with Crippen molar-refractivity contribution >= 4 is 60.1 Å². The molecule has 3 aromatic rings. The number of aromatic amines is 1. The maximum atomic E-state index is 12.6. The average molecular weight is 413 g/mol. The Hall–Kier alpha value is -1.10. The SMILES string of the molecule is O=C(c1cc(Br)cc(Br)c1)c1c[nH]c2cc(Cl)ccc12. The number of halogens is 3. The molecule has 1 heterocycles. The molecule has 0 radical (unpaired) electrons. The molecule has 0 bridgehead atoms. The molecule has 0 fully saturated rings. The monoisotopic (exact) mass is 411 g/mol. The van der Waals surface area contributed by atoms with Crippen molar-refractivity contribution in [1.29, 1.82) is 0 Å². The number of hydrogen-bond donors (Lipinski definition) is 1. The standard InChI is InChI=1S/C15H8Br2ClNO/c16-9-3-8(4-10(17)5-9)15(20)13-7-19-14-6-11(18)1-2-12(13)14/h1-7,19H. The van der Waals surface area contributed by atoms with Gasteiger partial charge in [-0.1, -0.05) is 49.5 Å². The first-order valence-corrected chi connectivity index (χ1v) is 7.78. The van der Waals surface area contributed by atoms with Crippen LogP contribution in [0.2, 0.25) is 5.02 Å². The van der Waals surface area contributed by atoms with E-state index >= 15 is 0 Å². The predicted molar refractivity (Wildman–Crippen MR) is 88.6 cm³/mol. The number of ketones is 1. The van der Waals surface area contributed by atoms with Crippen LogP contribution in [0.1, 0.15) is 15.9 Å². The highest BCUT2D eigenvalue weighted by Gasteiger charge is 2.15. The van der Waals surface area contributed by atoms with Crippen molar-refractivity contribution in [2.75, 3.05) is 0 Å². The maximum absolute atomic E-state index is 12.6. The lowest BCUT2D eigenvalue weighted by Gasteiger charge is -2.02. The minimum Gasteiger partial charge on any atom is -0.360 e. The van der Waals surface area contributed by atoms with Crippen molar-refractivity contribution in [3.05, 3.63) is 67.7 Å². The molecule has 3 rings (SSSR count). The minimum atomic E-state index is -0.0272. The number of benzene rings is 2. The Morgan fingerprint density at radius 2 is 1.75 bits per heavy atom. The third kappa shape index (κ3) is 2.55. The van der Waals surface area contributed by atoms with E-state index in [1.54, 1.807) is 12.3 Å². The average Bonchev–Trinajstić information content (AvgIpc) is 2.79. The maximum Gasteiger partial charge on any atom is 0.195 e. The van der Waals surface area contributed by atoms with Crippen LogP contribution in [0.5, 0.6) is 0 Å². The Morgan fingerprint density at radius 3 is 2.45 bits per heavy atom. The Balaban J connectivity index is 2.12. The van der Waals surface area contributed by atoms with E-state index in [2.05, 4.69) is 36.8 Å². The summed E-state index contributed by atoms with van der Waals surface area (Å²) in [4.78, 5) is 15.7. The number of H-pyrrole nitrogens is 1. The molecule has 0 saturated carbocycles. The van der Waals surface area contributed by atoms with Crippen LogP contribution < -0.4 is 0 Å². The zero-order valence-electron chi connectivity index (χ0n) is 10.1. The minimum absolute atomic E-state index is 0.0272. The molecule has 1 aromatic heterocycles. The molecule has 0 saturated heterocycles. The second-order valence-electron chi connectivity index (χ2n) is 4.38. The number of hydrogen-bond acceptors (Lipinski definition) is 1. The van der Waals surface area contributed by atoms with Crippen molar-refractivity contribution in [2.24, 2.45) is 0 Å². The Kier molecular flexibility index (Phi) is 3.71. The van der Waals surface area contributed by atoms with Gasteiger partial charge in [0.25, 0.3) is 0 Å². The predicted octanol–water partition coefficient (Wildman–Crippen LogP) is 5.58. The smallest absolute Gasteiger partial charge is 0.195 e. The molecule has 2 nitrogen and oxygen atoms in total. The lowest BCUT2D eigenvalue weighted by molar-refractivity contribution is 0.104. The molecule has 1 N–H and O–H groups in total. The second-order valence-corrected chi connectivity index (χ2v) is 6.65. The molecule has 0 amide bonds. The molecule has 0 atom stereocenters. The summed E-state index contributed by atoms with van der Waals surface area (Å²) in [6.45, 7) is 0. The fourth-order valence-electron chi connectivity index (χ4n) is 2.13. The number of rotatable bonds is 2. The first-order chi connectivity index (χ1) is 9.54. The summed E-state index contributed by atoms with van der Waals surface area (Å²) in [5.41, 5.74) is 2.12. The van der Waals surface area contributed by atoms with Gasteiger partial charge in [0, 0.05) is 42.2 Å². The lowest BCUT2D eigenvalue weighted by Crippen LogP contribution is -2.00. The van der Waals surface area contributed by atoms with E-state index in [1.807, 2.05) is 30.3 Å². The van der Waals surface area contributed by atoms with Crippen LogP contribution >= 0.6 is 43.5 Å². The van der Waals surface area contributed by atoms with E-state index in [9.17, 15) is 4.79 Å². The molecular formula is C15H8Br2ClNO. The molecule has 20 heavy (non-hydrogen) atoms. The largest absolute Gasteiger partial charge is 0.360 e. The Labute approximate surface area is 137 Å². The first kappa shape index (κ1) is 13.9. The van der Waals surface area contributed by atoms with Crippen LogP contribution in [0.15, 0.2) is 51.5 Å². The molecule has 0 spiro atoms. The van der Waals surface area contributed by atoms with E-state index in [-0.39, 0.29) is 5.78 Å². The quantitative estimate of drug-likeness (QED) is 0.547. The number of fused-ring (bicyclic) bond motifs is 1. The van der Waals surface area contributed by atoms with Gasteiger partial charge in [0.1, 0.15) is 0 Å². The third-order valence-electron chi connectivity index (χ3n) is 3.01. The fraction of sp³-hybridized carbons (Fsp3) is 0. The van der Waals surface area contributed by atoms with E-state index in [4.69, 9.17) is 11.6 Å². The summed E-state index contributed by atoms with van der Waals surface area (Å²) in [6, 6.07) is 11.0. The molecule has 0 aliphatic rings. The van der Waals surface area contributed by atoms with Gasteiger partial charge in [-0.05, 0) is 30.3 Å². The van der Waals surface area contributed by atoms with Gasteiger partial charge in [0.2, 0.25) is 0 Å². The lowest BCUT2D eigenvalue weighted by atomic mass is 10.0. The van der Waals surface area contributed by atoms with Gasteiger partial charge >= 0.3 is 0 Å². The van der Waals surface area contributed by atoms with Crippen molar-refractivity contribution in [3.63, 3.8) is 0 Å². The summed E-state index contributed by atoms with van der Waals surface area (Å²) < 4.78 is 1.72. The number of carbonyl (C=O) groups excluding carboxylic acids is 1. The van der Waals surface area contributed by atoms with Gasteiger partial charge < -0.3 is 4.98 Å². The van der Waals surface area contributed by atoms with Crippen molar-refractivity contribution < 1.29 is 4.79 Å². The molecule has 0 aliphatic carbocycles. The van der Waals surface area contributed by atoms with Crippen LogP contribution in [0.3, 0.4) is 0 Å². The summed E-state index contributed by atoms with van der Waals surface area (Å²) in [5.74, 6) is -0.0272. The first-order valence-electron chi connectivity index (χ1n) is 5.82. The zero-order valence-corrected chi connectivity index (χ0v) is 14.0. The number of carbonyl (C=O) groups is 1. The van der Waals surface area contributed by atoms with E-state index in [0.717, 1.165) is 19.8 Å². The van der Waals surface area contributed by atoms with E-state index in [0.29, 0.717) is 16.1 Å². The van der Waals surface area contributed by atoms with Gasteiger partial charge in [-0.3, -0.25) is 4.79 Å². The fourth-order valence-corrected chi connectivity index (χ4v) is 3.59. The van der Waals surface area contributed by atoms with E-state index < -0.39 is 0 Å². The molecule has 0 unspecified atom stereocenters. The molecule has 100 valence electrons. The van der Waals surface area contributed by atoms with Crippen molar-refractivity contribution in [2.45, 2.75) is 0 Å². The normalized spacial score (nSPS) is 10.9. The summed E-state index contributed by atoms with van der Waals surface area (Å²) >= 11 is 12.7. The van der Waals surface area contributed by atoms with Gasteiger partial charge in [-0.15, -0.1) is 0 Å². The van der Waals surface area contributed by atoms with Crippen LogP contribution in [-0.2, 0) is 0 Å². The van der Waals surface area contributed by atoms with Crippen LogP contribution in [0, 0.1) is 0 Å². The zero-order chi connectivity index (χ0) is 14.3. The second kappa shape index (κ2) is 5.35. The third-order valence-corrected chi connectivity index (χ3v) is 4.16. The number of nitrogens with one attached hydrogen (secondary N) is 1. The van der Waals surface area contributed by atoms with Gasteiger partial charge in [-0.2, -0.15) is 0 Å². The highest BCUT2D eigenvalue weighted by Crippen LogP contribution is 2.26. The topological polar surface area (TPSA) is 32.9 Å². The van der Waals surface area contributed by atoms with Gasteiger partial charge in [0.05, 0.1) is 0 Å². The molecular weight excluding hydrogens is 405 g/mol. The van der Waals surface area contributed by atoms with Crippen LogP contribution in [0.25, 0.3) is 10.9 Å². The van der Waals surface area contributed by atoms with Crippen molar-refractivity contribution in [3.8, 4) is 0 Å². The number of aromatic nitrogens is 1. The van der Waals surface area contributed by atoms with Crippen molar-refractivity contribution in [1.82, 2.24) is 4.98 Å². The van der Waals surface area contributed by atoms with E-state index in [1.165, 1.54) is 0 Å². The molecule has 5 heteroatoms. The van der Waals surface area contributed by atoms with Gasteiger partial charge in [-0.25, -0.2) is 0 Å². The Bertz CT molecular complexity index is 806. The summed E-state index contributed by atoms with van der Waals surface area (Å²) in [7, 11) is 0. The highest BCUT2D eigenvalue weighted by atomic mass is 79.9. The van der Waals surface area contributed by atoms with Gasteiger partial charge in [0.15, 0.2) is 5.78 Å². The highest BCUT2D eigenvalue weighted by molar-refractivity contribution is 9.11. The van der Waals surface area contributed by atoms with Crippen LogP contribution in [-0.4, -0.2) is 10.8 Å². The summed E-state index contributed by atoms with van der Waals surface area (Å²) in [6.07, 6.45) is 1.72. The molecule has 0 aliphatic heterocycles. The Morgan fingerprint density at radius 1 is 1.05 bits per heavy atom. The summed E-state index contributed by atoms with van der Waals surface area (Å²) in [5, 5.41) is 1.51.